The first-order valence-electron chi connectivity index (χ1n) is 6.60. The topological polar surface area (TPSA) is 67.4 Å². The van der Waals surface area contributed by atoms with E-state index in [2.05, 4.69) is 15.6 Å². The van der Waals surface area contributed by atoms with Gasteiger partial charge in [0.25, 0.3) is 5.91 Å². The molecule has 5 nitrogen and oxygen atoms in total. The number of hydrogen-bond donors (Lipinski definition) is 2. The van der Waals surface area contributed by atoms with E-state index in [1.165, 1.54) is 23.5 Å². The molecule has 0 unspecified atom stereocenters. The summed E-state index contributed by atoms with van der Waals surface area (Å²) >= 11 is 1.26. The van der Waals surface area contributed by atoms with Gasteiger partial charge in [0.05, 0.1) is 11.5 Å². The zero-order valence-electron chi connectivity index (χ0n) is 12.1. The number of rotatable bonds is 3. The number of carbonyl (C=O) groups excluding carboxylic acids is 2. The first-order chi connectivity index (χ1) is 10.5. The van der Waals surface area contributed by atoms with Crippen LogP contribution in [0, 0.1) is 12.7 Å². The van der Waals surface area contributed by atoms with E-state index in [1.807, 2.05) is 6.92 Å². The summed E-state index contributed by atoms with van der Waals surface area (Å²) in [5, 5.41) is 0. The van der Waals surface area contributed by atoms with E-state index < -0.39 is 12.0 Å². The van der Waals surface area contributed by atoms with Crippen LogP contribution in [-0.2, 0) is 4.74 Å². The summed E-state index contributed by atoms with van der Waals surface area (Å²) in [5.41, 5.74) is 6.16. The zero-order valence-corrected chi connectivity index (χ0v) is 12.9. The number of amides is 2. The van der Waals surface area contributed by atoms with Crippen LogP contribution in [0.4, 0.5) is 9.18 Å². The molecule has 2 rings (SSSR count). The van der Waals surface area contributed by atoms with Gasteiger partial charge < -0.3 is 4.74 Å². The molecule has 116 valence electrons. The fourth-order valence-electron chi connectivity index (χ4n) is 1.82. The number of thiophene rings is 1. The number of nitrogens with one attached hydrogen (secondary N) is 2. The van der Waals surface area contributed by atoms with Crippen molar-refractivity contribution in [2.24, 2.45) is 0 Å². The van der Waals surface area contributed by atoms with Gasteiger partial charge in [-0.25, -0.2) is 14.6 Å². The highest BCUT2D eigenvalue weighted by atomic mass is 32.1. The Morgan fingerprint density at radius 1 is 1.23 bits per heavy atom. The molecule has 1 heterocycles. The smallest absolute Gasteiger partial charge is 0.426 e. The van der Waals surface area contributed by atoms with Crippen molar-refractivity contribution in [3.8, 4) is 10.4 Å². The van der Waals surface area contributed by atoms with Gasteiger partial charge in [-0.3, -0.25) is 10.2 Å². The molecule has 22 heavy (non-hydrogen) atoms. The molecule has 0 aliphatic rings. The second-order valence-electron chi connectivity index (χ2n) is 4.43. The average Bonchev–Trinajstić information content (AvgIpc) is 2.88. The molecular formula is C15H15FN2O3S. The molecule has 2 aromatic rings. The highest BCUT2D eigenvalue weighted by molar-refractivity contribution is 7.17. The molecule has 0 saturated carbocycles. The maximum Gasteiger partial charge on any atom is 0.426 e. The molecule has 0 bridgehead atoms. The SMILES string of the molecule is CCOC(=O)NNC(=O)c1cc(C)c(-c2ccc(F)cc2)s1. The Morgan fingerprint density at radius 3 is 2.55 bits per heavy atom. The van der Waals surface area contributed by atoms with E-state index in [0.29, 0.717) is 4.88 Å². The van der Waals surface area contributed by atoms with Crippen molar-refractivity contribution in [1.82, 2.24) is 10.9 Å². The minimum atomic E-state index is -0.720. The number of halogens is 1. The average molecular weight is 322 g/mol. The predicted molar refractivity (Wildman–Crippen MR) is 82.1 cm³/mol. The van der Waals surface area contributed by atoms with Gasteiger partial charge in [0, 0.05) is 4.88 Å². The third-order valence-corrected chi connectivity index (χ3v) is 4.09. The lowest BCUT2D eigenvalue weighted by atomic mass is 10.1. The first kappa shape index (κ1) is 16.0. The number of aryl methyl sites for hydroxylation is 1. The van der Waals surface area contributed by atoms with Crippen LogP contribution in [0.3, 0.4) is 0 Å². The van der Waals surface area contributed by atoms with E-state index in [9.17, 15) is 14.0 Å². The summed E-state index contributed by atoms with van der Waals surface area (Å²) in [7, 11) is 0. The third kappa shape index (κ3) is 3.82. The molecule has 0 spiro atoms. The lowest BCUT2D eigenvalue weighted by molar-refractivity contribution is 0.0916. The van der Waals surface area contributed by atoms with Gasteiger partial charge in [-0.05, 0) is 43.2 Å². The minimum Gasteiger partial charge on any atom is -0.449 e. The summed E-state index contributed by atoms with van der Waals surface area (Å²) in [5.74, 6) is -0.746. The summed E-state index contributed by atoms with van der Waals surface area (Å²) in [6.45, 7) is 3.75. The van der Waals surface area contributed by atoms with Gasteiger partial charge in [0.1, 0.15) is 5.82 Å². The quantitative estimate of drug-likeness (QED) is 0.852. The largest absolute Gasteiger partial charge is 0.449 e. The molecule has 0 saturated heterocycles. The number of hydrogen-bond acceptors (Lipinski definition) is 4. The summed E-state index contributed by atoms with van der Waals surface area (Å²) in [4.78, 5) is 24.4. The molecule has 7 heteroatoms. The summed E-state index contributed by atoms with van der Waals surface area (Å²) in [6.07, 6.45) is -0.720. The van der Waals surface area contributed by atoms with Gasteiger partial charge in [-0.1, -0.05) is 12.1 Å². The molecule has 1 aromatic carbocycles. The first-order valence-corrected chi connectivity index (χ1v) is 7.42. The minimum absolute atomic E-state index is 0.217. The van der Waals surface area contributed by atoms with Crippen LogP contribution < -0.4 is 10.9 Å². The van der Waals surface area contributed by atoms with Crippen molar-refractivity contribution < 1.29 is 18.7 Å². The number of carbonyl (C=O) groups is 2. The normalized spacial score (nSPS) is 10.1. The number of hydrazine groups is 1. The molecule has 0 aliphatic carbocycles. The maximum absolute atomic E-state index is 13.0. The highest BCUT2D eigenvalue weighted by Crippen LogP contribution is 2.32. The van der Waals surface area contributed by atoms with Crippen molar-refractivity contribution in [3.63, 3.8) is 0 Å². The maximum atomic E-state index is 13.0. The van der Waals surface area contributed by atoms with Crippen molar-refractivity contribution in [2.75, 3.05) is 6.61 Å². The summed E-state index contributed by atoms with van der Waals surface area (Å²) in [6, 6.07) is 7.78. The molecule has 1 aromatic heterocycles. The Bertz CT molecular complexity index is 683. The third-order valence-electron chi connectivity index (χ3n) is 2.80. The lowest BCUT2D eigenvalue weighted by Gasteiger charge is -2.05. The van der Waals surface area contributed by atoms with E-state index in [-0.39, 0.29) is 12.4 Å². The Kier molecular flexibility index (Phi) is 5.11. The Morgan fingerprint density at radius 2 is 1.91 bits per heavy atom. The van der Waals surface area contributed by atoms with E-state index in [4.69, 9.17) is 0 Å². The highest BCUT2D eigenvalue weighted by Gasteiger charge is 2.14. The fraction of sp³-hybridized carbons (Fsp3) is 0.200. The van der Waals surface area contributed by atoms with Crippen LogP contribution in [0.15, 0.2) is 30.3 Å². The Hall–Kier alpha value is -2.41. The second-order valence-corrected chi connectivity index (χ2v) is 5.48. The molecule has 2 amide bonds. The molecular weight excluding hydrogens is 307 g/mol. The number of benzene rings is 1. The van der Waals surface area contributed by atoms with Crippen molar-refractivity contribution >= 4 is 23.3 Å². The number of ether oxygens (including phenoxy) is 1. The zero-order chi connectivity index (χ0) is 16.1. The van der Waals surface area contributed by atoms with Crippen LogP contribution in [0.2, 0.25) is 0 Å². The van der Waals surface area contributed by atoms with Gasteiger partial charge >= 0.3 is 6.09 Å². The van der Waals surface area contributed by atoms with Crippen molar-refractivity contribution in [3.05, 3.63) is 46.6 Å². The molecule has 2 N–H and O–H groups in total. The Balaban J connectivity index is 2.10. The lowest BCUT2D eigenvalue weighted by Crippen LogP contribution is -2.41. The van der Waals surface area contributed by atoms with E-state index in [1.54, 1.807) is 25.1 Å². The standard InChI is InChI=1S/C15H15FN2O3S/c1-3-21-15(20)18-17-14(19)12-8-9(2)13(22-12)10-4-6-11(16)7-5-10/h4-8H,3H2,1-2H3,(H,17,19)(H,18,20). The van der Waals surface area contributed by atoms with Crippen LogP contribution >= 0.6 is 11.3 Å². The van der Waals surface area contributed by atoms with E-state index >= 15 is 0 Å². The second kappa shape index (κ2) is 7.04. The monoisotopic (exact) mass is 322 g/mol. The fourth-order valence-corrected chi connectivity index (χ4v) is 2.89. The Labute approximate surface area is 131 Å². The van der Waals surface area contributed by atoms with Crippen LogP contribution in [-0.4, -0.2) is 18.6 Å². The van der Waals surface area contributed by atoms with Crippen molar-refractivity contribution in [2.45, 2.75) is 13.8 Å². The molecule has 0 fully saturated rings. The van der Waals surface area contributed by atoms with Crippen LogP contribution in [0.25, 0.3) is 10.4 Å². The van der Waals surface area contributed by atoms with Gasteiger partial charge in [0.2, 0.25) is 0 Å². The van der Waals surface area contributed by atoms with Crippen LogP contribution in [0.5, 0.6) is 0 Å². The molecule has 0 atom stereocenters. The predicted octanol–water partition coefficient (Wildman–Crippen LogP) is 3.25. The van der Waals surface area contributed by atoms with E-state index in [0.717, 1.165) is 16.0 Å². The van der Waals surface area contributed by atoms with Crippen LogP contribution in [0.1, 0.15) is 22.2 Å². The van der Waals surface area contributed by atoms with Gasteiger partial charge in [-0.2, -0.15) is 0 Å². The molecule has 0 radical (unpaired) electrons. The molecule has 0 aliphatic heterocycles. The van der Waals surface area contributed by atoms with Crippen molar-refractivity contribution in [1.29, 1.82) is 0 Å². The van der Waals surface area contributed by atoms with Gasteiger partial charge in [0.15, 0.2) is 0 Å². The van der Waals surface area contributed by atoms with Gasteiger partial charge in [-0.15, -0.1) is 11.3 Å². The summed E-state index contributed by atoms with van der Waals surface area (Å²) < 4.78 is 17.6.